The number of carboxylic acid groups (broad SMARTS) is 2. The van der Waals surface area contributed by atoms with Crippen LogP contribution in [0.3, 0.4) is 0 Å². The Morgan fingerprint density at radius 2 is 1.63 bits per heavy atom. The molecule has 3 rings (SSSR count). The molecule has 0 bridgehead atoms. The SMILES string of the molecule is O=C(O)C(=O)O.O=[N+]([O-])c1ccc(N2CCN(Cc3cccs3)CC2)cc1. The third kappa shape index (κ3) is 6.35. The first kappa shape index (κ1) is 20.3. The summed E-state index contributed by atoms with van der Waals surface area (Å²) in [5, 5.41) is 27.6. The fourth-order valence-electron chi connectivity index (χ4n) is 2.57. The Kier molecular flexibility index (Phi) is 7.26. The zero-order valence-corrected chi connectivity index (χ0v) is 15.2. The van der Waals surface area contributed by atoms with E-state index in [1.165, 1.54) is 4.88 Å². The second kappa shape index (κ2) is 9.64. The van der Waals surface area contributed by atoms with Gasteiger partial charge in [-0.1, -0.05) is 6.07 Å². The van der Waals surface area contributed by atoms with E-state index < -0.39 is 11.9 Å². The Morgan fingerprint density at radius 1 is 1.04 bits per heavy atom. The highest BCUT2D eigenvalue weighted by molar-refractivity contribution is 7.09. The van der Waals surface area contributed by atoms with Crippen LogP contribution in [0.5, 0.6) is 0 Å². The van der Waals surface area contributed by atoms with Crippen molar-refractivity contribution >= 4 is 34.7 Å². The Hall–Kier alpha value is -2.98. The Morgan fingerprint density at radius 3 is 2.07 bits per heavy atom. The van der Waals surface area contributed by atoms with Crippen LogP contribution in [-0.2, 0) is 16.1 Å². The molecule has 1 aromatic heterocycles. The summed E-state index contributed by atoms with van der Waals surface area (Å²) >= 11 is 1.80. The third-order valence-corrected chi connectivity index (χ3v) is 4.80. The van der Waals surface area contributed by atoms with Gasteiger partial charge in [0, 0.05) is 55.4 Å². The maximum Gasteiger partial charge on any atom is 0.414 e. The van der Waals surface area contributed by atoms with Crippen molar-refractivity contribution in [2.24, 2.45) is 0 Å². The Bertz CT molecular complexity index is 758. The molecule has 2 aromatic rings. The van der Waals surface area contributed by atoms with Gasteiger partial charge in [0.25, 0.3) is 5.69 Å². The summed E-state index contributed by atoms with van der Waals surface area (Å²) in [4.78, 5) is 34.6. The maximum atomic E-state index is 10.7. The van der Waals surface area contributed by atoms with Gasteiger partial charge in [0.15, 0.2) is 0 Å². The van der Waals surface area contributed by atoms with Crippen molar-refractivity contribution in [1.82, 2.24) is 4.90 Å². The number of carbonyl (C=O) groups is 2. The molecular formula is C17H19N3O6S. The molecule has 1 fully saturated rings. The van der Waals surface area contributed by atoms with Gasteiger partial charge in [-0.3, -0.25) is 15.0 Å². The number of nitro groups is 1. The number of anilines is 1. The molecule has 2 N–H and O–H groups in total. The molecule has 9 nitrogen and oxygen atoms in total. The van der Waals surface area contributed by atoms with Crippen LogP contribution < -0.4 is 4.90 Å². The lowest BCUT2D eigenvalue weighted by molar-refractivity contribution is -0.384. The predicted octanol–water partition coefficient (Wildman–Crippen LogP) is 2.13. The molecule has 0 spiro atoms. The van der Waals surface area contributed by atoms with E-state index in [1.807, 2.05) is 12.1 Å². The molecule has 1 aromatic carbocycles. The van der Waals surface area contributed by atoms with E-state index in [9.17, 15) is 10.1 Å². The van der Waals surface area contributed by atoms with Crippen molar-refractivity contribution < 1.29 is 24.7 Å². The molecule has 1 aliphatic heterocycles. The number of benzene rings is 1. The van der Waals surface area contributed by atoms with Crippen LogP contribution in [0.1, 0.15) is 4.88 Å². The number of hydrogen-bond donors (Lipinski definition) is 2. The van der Waals surface area contributed by atoms with E-state index >= 15 is 0 Å². The number of carboxylic acids is 2. The van der Waals surface area contributed by atoms with Gasteiger partial charge in [-0.25, -0.2) is 9.59 Å². The quantitative estimate of drug-likeness (QED) is 0.460. The van der Waals surface area contributed by atoms with Gasteiger partial charge in [-0.05, 0) is 23.6 Å². The van der Waals surface area contributed by atoms with E-state index in [4.69, 9.17) is 19.8 Å². The minimum Gasteiger partial charge on any atom is -0.473 e. The normalized spacial score (nSPS) is 14.1. The zero-order valence-electron chi connectivity index (χ0n) is 14.4. The smallest absolute Gasteiger partial charge is 0.414 e. The topological polar surface area (TPSA) is 124 Å². The zero-order chi connectivity index (χ0) is 19.8. The molecule has 1 aliphatic rings. The first-order chi connectivity index (χ1) is 12.9. The van der Waals surface area contributed by atoms with Gasteiger partial charge in [-0.2, -0.15) is 0 Å². The molecule has 0 atom stereocenters. The summed E-state index contributed by atoms with van der Waals surface area (Å²) < 4.78 is 0. The van der Waals surface area contributed by atoms with E-state index in [1.54, 1.807) is 23.5 Å². The highest BCUT2D eigenvalue weighted by Crippen LogP contribution is 2.21. The van der Waals surface area contributed by atoms with E-state index in [2.05, 4.69) is 27.3 Å². The number of non-ortho nitro benzene ring substituents is 1. The second-order valence-electron chi connectivity index (χ2n) is 5.73. The average Bonchev–Trinajstić information content (AvgIpc) is 3.16. The van der Waals surface area contributed by atoms with Crippen LogP contribution in [0.2, 0.25) is 0 Å². The second-order valence-corrected chi connectivity index (χ2v) is 6.76. The first-order valence-electron chi connectivity index (χ1n) is 8.07. The van der Waals surface area contributed by atoms with Crippen LogP contribution in [0.15, 0.2) is 41.8 Å². The number of nitro benzene ring substituents is 1. The van der Waals surface area contributed by atoms with E-state index in [-0.39, 0.29) is 10.6 Å². The van der Waals surface area contributed by atoms with Gasteiger partial charge in [0.1, 0.15) is 0 Å². The fourth-order valence-corrected chi connectivity index (χ4v) is 3.32. The summed E-state index contributed by atoms with van der Waals surface area (Å²) in [5.41, 5.74) is 1.21. The summed E-state index contributed by atoms with van der Waals surface area (Å²) in [7, 11) is 0. The summed E-state index contributed by atoms with van der Waals surface area (Å²) in [6.45, 7) is 4.99. The molecule has 0 unspecified atom stereocenters. The number of hydrogen-bond acceptors (Lipinski definition) is 7. The van der Waals surface area contributed by atoms with Gasteiger partial charge < -0.3 is 15.1 Å². The highest BCUT2D eigenvalue weighted by Gasteiger charge is 2.18. The minimum atomic E-state index is -1.82. The summed E-state index contributed by atoms with van der Waals surface area (Å²) in [5.74, 6) is -3.65. The lowest BCUT2D eigenvalue weighted by Gasteiger charge is -2.35. The lowest BCUT2D eigenvalue weighted by atomic mass is 10.2. The Balaban J connectivity index is 0.000000380. The molecule has 10 heteroatoms. The lowest BCUT2D eigenvalue weighted by Crippen LogP contribution is -2.45. The van der Waals surface area contributed by atoms with Crippen molar-refractivity contribution in [2.75, 3.05) is 31.1 Å². The predicted molar refractivity (Wildman–Crippen MR) is 100 cm³/mol. The number of aliphatic carboxylic acids is 2. The summed E-state index contributed by atoms with van der Waals surface area (Å²) in [6.07, 6.45) is 0. The molecule has 0 radical (unpaired) electrons. The van der Waals surface area contributed by atoms with E-state index in [0.717, 1.165) is 38.4 Å². The number of piperazine rings is 1. The molecule has 0 aliphatic carbocycles. The van der Waals surface area contributed by atoms with Crippen LogP contribution in [0.4, 0.5) is 11.4 Å². The monoisotopic (exact) mass is 393 g/mol. The van der Waals surface area contributed by atoms with Crippen LogP contribution in [0, 0.1) is 10.1 Å². The maximum absolute atomic E-state index is 10.7. The minimum absolute atomic E-state index is 0.148. The Labute approximate surface area is 159 Å². The van der Waals surface area contributed by atoms with Gasteiger partial charge >= 0.3 is 11.9 Å². The highest BCUT2D eigenvalue weighted by atomic mass is 32.1. The molecular weight excluding hydrogens is 374 g/mol. The molecule has 0 saturated carbocycles. The summed E-state index contributed by atoms with van der Waals surface area (Å²) in [6, 6.07) is 11.1. The van der Waals surface area contributed by atoms with Gasteiger partial charge in [0.05, 0.1) is 4.92 Å². The molecule has 27 heavy (non-hydrogen) atoms. The number of nitrogens with zero attached hydrogens (tertiary/aromatic N) is 3. The largest absolute Gasteiger partial charge is 0.473 e. The van der Waals surface area contributed by atoms with Crippen LogP contribution in [-0.4, -0.2) is 58.2 Å². The van der Waals surface area contributed by atoms with Crippen LogP contribution >= 0.6 is 11.3 Å². The average molecular weight is 393 g/mol. The van der Waals surface area contributed by atoms with Crippen molar-refractivity contribution in [3.8, 4) is 0 Å². The van der Waals surface area contributed by atoms with Crippen molar-refractivity contribution in [3.63, 3.8) is 0 Å². The molecule has 0 amide bonds. The van der Waals surface area contributed by atoms with Crippen molar-refractivity contribution in [2.45, 2.75) is 6.54 Å². The fraction of sp³-hybridized carbons (Fsp3) is 0.294. The molecule has 2 heterocycles. The first-order valence-corrected chi connectivity index (χ1v) is 8.95. The van der Waals surface area contributed by atoms with Gasteiger partial charge in [-0.15, -0.1) is 11.3 Å². The molecule has 1 saturated heterocycles. The number of thiophene rings is 1. The van der Waals surface area contributed by atoms with Gasteiger partial charge in [0.2, 0.25) is 0 Å². The van der Waals surface area contributed by atoms with Crippen molar-refractivity contribution in [1.29, 1.82) is 0 Å². The van der Waals surface area contributed by atoms with Crippen LogP contribution in [0.25, 0.3) is 0 Å². The number of rotatable bonds is 4. The third-order valence-electron chi connectivity index (χ3n) is 3.94. The van der Waals surface area contributed by atoms with E-state index in [0.29, 0.717) is 0 Å². The standard InChI is InChI=1S/C15H17N3O2S.C2H2O4/c19-18(20)14-5-3-13(4-6-14)17-9-7-16(8-10-17)12-15-2-1-11-21-15;3-1(4)2(5)6/h1-6,11H,7-10,12H2;(H,3,4)(H,5,6). The molecule has 144 valence electrons. The van der Waals surface area contributed by atoms with Crippen molar-refractivity contribution in [3.05, 3.63) is 56.8 Å².